The third-order valence-electron chi connectivity index (χ3n) is 3.28. The molecule has 4 heteroatoms. The topological polar surface area (TPSA) is 64.7 Å². The second-order valence-electron chi connectivity index (χ2n) is 4.89. The molecular formula is C17H16N4. The Morgan fingerprint density at radius 2 is 1.19 bits per heavy atom. The quantitative estimate of drug-likeness (QED) is 0.795. The first kappa shape index (κ1) is 13.2. The van der Waals surface area contributed by atoms with Crippen molar-refractivity contribution in [3.05, 3.63) is 83.2 Å². The summed E-state index contributed by atoms with van der Waals surface area (Å²) >= 11 is 0. The van der Waals surface area contributed by atoms with E-state index in [1.807, 2.05) is 36.4 Å². The van der Waals surface area contributed by atoms with Gasteiger partial charge in [0.2, 0.25) is 5.95 Å². The molecule has 0 bridgehead atoms. The minimum Gasteiger partial charge on any atom is -0.366 e. The number of rotatable bonds is 4. The van der Waals surface area contributed by atoms with Gasteiger partial charge in [-0.25, -0.2) is 4.98 Å². The van der Waals surface area contributed by atoms with Crippen molar-refractivity contribution in [1.82, 2.24) is 15.2 Å². The van der Waals surface area contributed by atoms with Gasteiger partial charge in [-0.2, -0.15) is 0 Å². The van der Waals surface area contributed by atoms with E-state index >= 15 is 0 Å². The van der Waals surface area contributed by atoms with Crippen molar-refractivity contribution in [3.8, 4) is 0 Å². The number of hydrogen-bond acceptors (Lipinski definition) is 4. The first-order valence-corrected chi connectivity index (χ1v) is 6.87. The predicted octanol–water partition coefficient (Wildman–Crippen LogP) is 2.64. The van der Waals surface area contributed by atoms with Crippen molar-refractivity contribution in [2.24, 2.45) is 0 Å². The molecular weight excluding hydrogens is 260 g/mol. The fourth-order valence-corrected chi connectivity index (χ4v) is 2.25. The molecule has 21 heavy (non-hydrogen) atoms. The molecule has 3 aromatic rings. The Kier molecular flexibility index (Phi) is 3.87. The molecule has 0 radical (unpaired) electrons. The van der Waals surface area contributed by atoms with Crippen molar-refractivity contribution in [2.75, 3.05) is 5.73 Å². The smallest absolute Gasteiger partial charge is 0.240 e. The average Bonchev–Trinajstić information content (AvgIpc) is 2.52. The van der Waals surface area contributed by atoms with Gasteiger partial charge in [0.15, 0.2) is 0 Å². The Morgan fingerprint density at radius 1 is 0.667 bits per heavy atom. The van der Waals surface area contributed by atoms with Crippen molar-refractivity contribution in [1.29, 1.82) is 0 Å². The van der Waals surface area contributed by atoms with Gasteiger partial charge in [0.25, 0.3) is 0 Å². The summed E-state index contributed by atoms with van der Waals surface area (Å²) in [4.78, 5) is 4.37. The van der Waals surface area contributed by atoms with Crippen LogP contribution in [0.25, 0.3) is 0 Å². The maximum absolute atomic E-state index is 5.69. The molecule has 0 fully saturated rings. The molecule has 0 atom stereocenters. The number of hydrogen-bond donors (Lipinski definition) is 1. The zero-order chi connectivity index (χ0) is 14.5. The van der Waals surface area contributed by atoms with Gasteiger partial charge in [0.1, 0.15) is 0 Å². The highest BCUT2D eigenvalue weighted by Crippen LogP contribution is 2.14. The fourth-order valence-electron chi connectivity index (χ4n) is 2.25. The summed E-state index contributed by atoms with van der Waals surface area (Å²) in [7, 11) is 0. The highest BCUT2D eigenvalue weighted by Gasteiger charge is 2.09. The van der Waals surface area contributed by atoms with Crippen LogP contribution in [0.3, 0.4) is 0 Å². The van der Waals surface area contributed by atoms with Crippen molar-refractivity contribution in [2.45, 2.75) is 12.8 Å². The molecule has 104 valence electrons. The number of nitrogen functional groups attached to an aromatic ring is 1. The van der Waals surface area contributed by atoms with Crippen LogP contribution < -0.4 is 5.73 Å². The summed E-state index contributed by atoms with van der Waals surface area (Å²) in [5.74, 6) is 0.220. The highest BCUT2D eigenvalue weighted by atomic mass is 15.2. The number of nitrogens with zero attached hydrogens (tertiary/aromatic N) is 3. The van der Waals surface area contributed by atoms with Crippen molar-refractivity contribution < 1.29 is 0 Å². The zero-order valence-electron chi connectivity index (χ0n) is 11.6. The van der Waals surface area contributed by atoms with E-state index in [0.29, 0.717) is 12.8 Å². The molecule has 0 amide bonds. The van der Waals surface area contributed by atoms with Crippen LogP contribution in [-0.2, 0) is 12.8 Å². The standard InChI is InChI=1S/C17H16N4/c18-17-19-15(11-13-7-3-1-4-8-13)16(20-21-17)12-14-9-5-2-6-10-14/h1-10H,11-12H2,(H2,18,19,21). The maximum atomic E-state index is 5.69. The molecule has 3 rings (SSSR count). The molecule has 0 aliphatic rings. The van der Waals surface area contributed by atoms with Gasteiger partial charge in [-0.3, -0.25) is 0 Å². The zero-order valence-corrected chi connectivity index (χ0v) is 11.6. The third kappa shape index (κ3) is 3.42. The van der Waals surface area contributed by atoms with E-state index in [0.717, 1.165) is 11.4 Å². The summed E-state index contributed by atoms with van der Waals surface area (Å²) in [5.41, 5.74) is 9.83. The van der Waals surface area contributed by atoms with E-state index in [9.17, 15) is 0 Å². The monoisotopic (exact) mass is 276 g/mol. The van der Waals surface area contributed by atoms with Crippen molar-refractivity contribution in [3.63, 3.8) is 0 Å². The van der Waals surface area contributed by atoms with Gasteiger partial charge >= 0.3 is 0 Å². The van der Waals surface area contributed by atoms with Crippen LogP contribution in [0.1, 0.15) is 22.5 Å². The van der Waals surface area contributed by atoms with E-state index in [2.05, 4.69) is 39.4 Å². The minimum absolute atomic E-state index is 0.220. The third-order valence-corrected chi connectivity index (χ3v) is 3.28. The Labute approximate surface area is 123 Å². The molecule has 0 unspecified atom stereocenters. The van der Waals surface area contributed by atoms with Gasteiger partial charge in [-0.1, -0.05) is 60.7 Å². The Bertz CT molecular complexity index is 711. The van der Waals surface area contributed by atoms with Gasteiger partial charge in [0, 0.05) is 12.8 Å². The van der Waals surface area contributed by atoms with E-state index in [1.165, 1.54) is 11.1 Å². The van der Waals surface area contributed by atoms with Gasteiger partial charge in [0.05, 0.1) is 11.4 Å². The van der Waals surface area contributed by atoms with Crippen LogP contribution >= 0.6 is 0 Å². The molecule has 2 N–H and O–H groups in total. The molecule has 0 spiro atoms. The number of aromatic nitrogens is 3. The normalized spacial score (nSPS) is 10.5. The van der Waals surface area contributed by atoms with Crippen LogP contribution in [0, 0.1) is 0 Å². The predicted molar refractivity (Wildman–Crippen MR) is 82.7 cm³/mol. The summed E-state index contributed by atoms with van der Waals surface area (Å²) in [6, 6.07) is 20.4. The first-order valence-electron chi connectivity index (χ1n) is 6.87. The van der Waals surface area contributed by atoms with Crippen LogP contribution in [0.2, 0.25) is 0 Å². The maximum Gasteiger partial charge on any atom is 0.240 e. The molecule has 0 aliphatic carbocycles. The van der Waals surface area contributed by atoms with E-state index < -0.39 is 0 Å². The Hall–Kier alpha value is -2.75. The van der Waals surface area contributed by atoms with Crippen LogP contribution in [-0.4, -0.2) is 15.2 Å². The van der Waals surface area contributed by atoms with Gasteiger partial charge in [-0.05, 0) is 11.1 Å². The van der Waals surface area contributed by atoms with E-state index in [1.54, 1.807) is 0 Å². The molecule has 2 aromatic carbocycles. The van der Waals surface area contributed by atoms with E-state index in [4.69, 9.17) is 5.73 Å². The van der Waals surface area contributed by atoms with E-state index in [-0.39, 0.29) is 5.95 Å². The molecule has 4 nitrogen and oxygen atoms in total. The lowest BCUT2D eigenvalue weighted by Gasteiger charge is -2.08. The lowest BCUT2D eigenvalue weighted by atomic mass is 10.0. The molecule has 1 aromatic heterocycles. The molecule has 1 heterocycles. The largest absolute Gasteiger partial charge is 0.366 e. The Balaban J connectivity index is 1.90. The summed E-state index contributed by atoms with van der Waals surface area (Å²) in [5, 5.41) is 8.13. The minimum atomic E-state index is 0.220. The second kappa shape index (κ2) is 6.13. The van der Waals surface area contributed by atoms with Gasteiger partial charge < -0.3 is 5.73 Å². The summed E-state index contributed by atoms with van der Waals surface area (Å²) in [6.45, 7) is 0. The average molecular weight is 276 g/mol. The highest BCUT2D eigenvalue weighted by molar-refractivity contribution is 5.30. The molecule has 0 saturated heterocycles. The van der Waals surface area contributed by atoms with Crippen LogP contribution in [0.5, 0.6) is 0 Å². The SMILES string of the molecule is Nc1nnc(Cc2ccccc2)c(Cc2ccccc2)n1. The summed E-state index contributed by atoms with van der Waals surface area (Å²) < 4.78 is 0. The Morgan fingerprint density at radius 3 is 1.76 bits per heavy atom. The molecule has 0 aliphatic heterocycles. The molecule has 0 saturated carbocycles. The van der Waals surface area contributed by atoms with Crippen LogP contribution in [0.4, 0.5) is 5.95 Å². The number of anilines is 1. The van der Waals surface area contributed by atoms with Gasteiger partial charge in [-0.15, -0.1) is 10.2 Å². The fraction of sp³-hybridized carbons (Fsp3) is 0.118. The number of nitrogens with two attached hydrogens (primary N) is 1. The first-order chi connectivity index (χ1) is 10.3. The second-order valence-corrected chi connectivity index (χ2v) is 4.89. The lowest BCUT2D eigenvalue weighted by Crippen LogP contribution is -2.08. The number of benzene rings is 2. The lowest BCUT2D eigenvalue weighted by molar-refractivity contribution is 0.853. The van der Waals surface area contributed by atoms with Crippen molar-refractivity contribution >= 4 is 5.95 Å². The van der Waals surface area contributed by atoms with Crippen LogP contribution in [0.15, 0.2) is 60.7 Å². The summed E-state index contributed by atoms with van der Waals surface area (Å²) in [6.07, 6.45) is 1.42.